The summed E-state index contributed by atoms with van der Waals surface area (Å²) in [7, 11) is 0. The van der Waals surface area contributed by atoms with E-state index in [1.54, 1.807) is 0 Å². The molecule has 1 atom stereocenters. The van der Waals surface area contributed by atoms with E-state index in [4.69, 9.17) is 14.2 Å². The van der Waals surface area contributed by atoms with Crippen molar-refractivity contribution in [2.45, 2.75) is 386 Å². The number of rotatable bonds is 66. The van der Waals surface area contributed by atoms with Crippen molar-refractivity contribution in [3.05, 3.63) is 60.8 Å². The molecule has 0 aliphatic heterocycles. The first-order chi connectivity index (χ1) is 40.0. The minimum atomic E-state index is -0.787. The normalized spacial score (nSPS) is 12.4. The highest BCUT2D eigenvalue weighted by Crippen LogP contribution is 2.18. The van der Waals surface area contributed by atoms with Crippen LogP contribution < -0.4 is 0 Å². The second-order valence-electron chi connectivity index (χ2n) is 24.1. The largest absolute Gasteiger partial charge is 0.462 e. The quantitative estimate of drug-likeness (QED) is 0.0261. The molecule has 0 heterocycles. The van der Waals surface area contributed by atoms with E-state index < -0.39 is 6.10 Å². The van der Waals surface area contributed by atoms with E-state index in [-0.39, 0.29) is 31.1 Å². The molecule has 0 spiro atoms. The van der Waals surface area contributed by atoms with Crippen LogP contribution in [0.4, 0.5) is 0 Å². The van der Waals surface area contributed by atoms with E-state index in [1.165, 1.54) is 257 Å². The summed E-state index contributed by atoms with van der Waals surface area (Å²) in [6.07, 6.45) is 89.8. The van der Waals surface area contributed by atoms with Gasteiger partial charge < -0.3 is 14.2 Å². The minimum absolute atomic E-state index is 0.0807. The van der Waals surface area contributed by atoms with Crippen molar-refractivity contribution < 1.29 is 28.6 Å². The fraction of sp³-hybridized carbons (Fsp3) is 0.827. The monoisotopic (exact) mass is 1130 g/mol. The van der Waals surface area contributed by atoms with Crippen LogP contribution in [0.2, 0.25) is 0 Å². The zero-order chi connectivity index (χ0) is 58.5. The van der Waals surface area contributed by atoms with Crippen LogP contribution >= 0.6 is 0 Å². The van der Waals surface area contributed by atoms with Crippen molar-refractivity contribution >= 4 is 17.9 Å². The average Bonchev–Trinajstić information content (AvgIpc) is 3.46. The lowest BCUT2D eigenvalue weighted by Gasteiger charge is -2.18. The molecule has 0 aromatic heterocycles. The molecule has 6 nitrogen and oxygen atoms in total. The van der Waals surface area contributed by atoms with Gasteiger partial charge >= 0.3 is 17.9 Å². The molecule has 1 unspecified atom stereocenters. The molecule has 0 saturated heterocycles. The third-order valence-corrected chi connectivity index (χ3v) is 16.0. The van der Waals surface area contributed by atoms with Gasteiger partial charge in [-0.05, 0) is 103 Å². The summed E-state index contributed by atoms with van der Waals surface area (Å²) in [6, 6.07) is 0. The molecule has 0 saturated carbocycles. The number of unbranched alkanes of at least 4 members (excludes halogenated alkanes) is 45. The van der Waals surface area contributed by atoms with Gasteiger partial charge in [-0.2, -0.15) is 0 Å². The third kappa shape index (κ3) is 67.8. The van der Waals surface area contributed by atoms with E-state index in [1.807, 2.05) is 0 Å². The van der Waals surface area contributed by atoms with Crippen molar-refractivity contribution in [1.29, 1.82) is 0 Å². The van der Waals surface area contributed by atoms with Gasteiger partial charge in [0.15, 0.2) is 6.10 Å². The summed E-state index contributed by atoms with van der Waals surface area (Å²) in [6.45, 7) is 6.56. The number of carbonyl (C=O) groups is 3. The zero-order valence-electron chi connectivity index (χ0n) is 54.3. The first kappa shape index (κ1) is 78.1. The van der Waals surface area contributed by atoms with Crippen molar-refractivity contribution in [3.8, 4) is 0 Å². The Kier molecular flexibility index (Phi) is 67.1. The van der Waals surface area contributed by atoms with E-state index >= 15 is 0 Å². The molecule has 0 bridgehead atoms. The summed E-state index contributed by atoms with van der Waals surface area (Å²) in [5.74, 6) is -0.889. The van der Waals surface area contributed by atoms with Gasteiger partial charge in [0.05, 0.1) is 0 Å². The molecule has 6 heteroatoms. The van der Waals surface area contributed by atoms with Gasteiger partial charge in [-0.3, -0.25) is 14.4 Å². The van der Waals surface area contributed by atoms with Gasteiger partial charge in [-0.15, -0.1) is 0 Å². The van der Waals surface area contributed by atoms with Crippen molar-refractivity contribution in [1.82, 2.24) is 0 Å². The summed E-state index contributed by atoms with van der Waals surface area (Å²) in [4.78, 5) is 38.4. The zero-order valence-corrected chi connectivity index (χ0v) is 54.3. The number of hydrogen-bond donors (Lipinski definition) is 0. The molecular formula is C75H136O6. The molecule has 0 amide bonds. The minimum Gasteiger partial charge on any atom is -0.462 e. The standard InChI is InChI=1S/C75H136O6/c1-4-7-10-13-16-19-22-25-27-29-31-33-35-37-39-41-43-45-47-50-53-56-59-62-65-68-74(77)80-71-72(70-79-73(76)67-64-61-58-55-52-49-24-21-18-15-12-9-6-3)81-75(78)69-66-63-60-57-54-51-48-46-44-42-40-38-36-34-32-30-28-26-23-20-17-14-11-8-5-2/h9,12,18,21,29-32,49,52,72H,4-8,10-11,13-17,19-20,22-28,33-48,50-51,53-71H2,1-3H3/b12-9-,21-18-,31-29-,32-30-,52-49-. The fourth-order valence-corrected chi connectivity index (χ4v) is 10.6. The van der Waals surface area contributed by atoms with Crippen LogP contribution in [0.3, 0.4) is 0 Å². The number of esters is 3. The number of hydrogen-bond acceptors (Lipinski definition) is 6. The Morgan fingerprint density at radius 2 is 0.481 bits per heavy atom. The highest BCUT2D eigenvalue weighted by atomic mass is 16.6. The molecule has 0 N–H and O–H groups in total. The topological polar surface area (TPSA) is 78.9 Å². The molecular weight excluding hydrogens is 997 g/mol. The van der Waals surface area contributed by atoms with Gasteiger partial charge in [0.1, 0.15) is 13.2 Å². The smallest absolute Gasteiger partial charge is 0.306 e. The van der Waals surface area contributed by atoms with Crippen LogP contribution in [-0.2, 0) is 28.6 Å². The van der Waals surface area contributed by atoms with Gasteiger partial charge in [-0.25, -0.2) is 0 Å². The maximum atomic E-state index is 13.0. The van der Waals surface area contributed by atoms with Crippen molar-refractivity contribution in [3.63, 3.8) is 0 Å². The fourth-order valence-electron chi connectivity index (χ4n) is 10.6. The Hall–Kier alpha value is -2.89. The molecule has 0 aliphatic rings. The number of ether oxygens (including phenoxy) is 3. The molecule has 0 aromatic rings. The maximum Gasteiger partial charge on any atom is 0.306 e. The van der Waals surface area contributed by atoms with E-state index in [0.29, 0.717) is 19.3 Å². The second-order valence-corrected chi connectivity index (χ2v) is 24.1. The van der Waals surface area contributed by atoms with Crippen LogP contribution in [0.25, 0.3) is 0 Å². The Morgan fingerprint density at radius 1 is 0.259 bits per heavy atom. The van der Waals surface area contributed by atoms with Crippen LogP contribution in [0.5, 0.6) is 0 Å². The van der Waals surface area contributed by atoms with Gasteiger partial charge in [0, 0.05) is 19.3 Å². The first-order valence-electron chi connectivity index (χ1n) is 35.8. The molecule has 0 radical (unpaired) electrons. The highest BCUT2D eigenvalue weighted by Gasteiger charge is 2.19. The Morgan fingerprint density at radius 3 is 0.778 bits per heavy atom. The third-order valence-electron chi connectivity index (χ3n) is 16.0. The number of carbonyl (C=O) groups excluding carboxylic acids is 3. The van der Waals surface area contributed by atoms with E-state index in [0.717, 1.165) is 83.5 Å². The Balaban J connectivity index is 4.25. The first-order valence-corrected chi connectivity index (χ1v) is 35.8. The summed E-state index contributed by atoms with van der Waals surface area (Å²) in [5.41, 5.74) is 0. The van der Waals surface area contributed by atoms with Gasteiger partial charge in [0.25, 0.3) is 0 Å². The van der Waals surface area contributed by atoms with Crippen LogP contribution in [0.1, 0.15) is 380 Å². The number of allylic oxidation sites excluding steroid dienone is 10. The van der Waals surface area contributed by atoms with Gasteiger partial charge in [-0.1, -0.05) is 319 Å². The van der Waals surface area contributed by atoms with Crippen molar-refractivity contribution in [2.75, 3.05) is 13.2 Å². The molecule has 0 fully saturated rings. The van der Waals surface area contributed by atoms with Gasteiger partial charge in [0.2, 0.25) is 0 Å². The predicted molar refractivity (Wildman–Crippen MR) is 353 cm³/mol. The van der Waals surface area contributed by atoms with E-state index in [9.17, 15) is 14.4 Å². The molecule has 0 aromatic carbocycles. The summed E-state index contributed by atoms with van der Waals surface area (Å²) >= 11 is 0. The lowest BCUT2D eigenvalue weighted by molar-refractivity contribution is -0.167. The summed E-state index contributed by atoms with van der Waals surface area (Å²) < 4.78 is 17.0. The average molecular weight is 1130 g/mol. The lowest BCUT2D eigenvalue weighted by atomic mass is 10.0. The summed E-state index contributed by atoms with van der Waals surface area (Å²) in [5, 5.41) is 0. The van der Waals surface area contributed by atoms with Crippen LogP contribution in [0.15, 0.2) is 60.8 Å². The van der Waals surface area contributed by atoms with Crippen molar-refractivity contribution in [2.24, 2.45) is 0 Å². The predicted octanol–water partition coefficient (Wildman–Crippen LogP) is 24.7. The Bertz CT molecular complexity index is 1440. The second kappa shape index (κ2) is 69.6. The maximum absolute atomic E-state index is 13.0. The molecule has 0 aliphatic carbocycles. The lowest BCUT2D eigenvalue weighted by Crippen LogP contribution is -2.30. The van der Waals surface area contributed by atoms with E-state index in [2.05, 4.69) is 81.5 Å². The SMILES string of the molecule is CC/C=C\C/C=C\C/C=C\CCCCCC(=O)OCC(COC(=O)CCCCCCCCCCCCCCC/C=C\CCCCCCCCCC)OC(=O)CCCCCCCCCCCCCCC/C=C\CCCCCCCCCC. The molecule has 0 rings (SSSR count). The molecule has 81 heavy (non-hydrogen) atoms. The van der Waals surface area contributed by atoms with Crippen LogP contribution in [0, 0.1) is 0 Å². The van der Waals surface area contributed by atoms with Crippen LogP contribution in [-0.4, -0.2) is 37.2 Å². The highest BCUT2D eigenvalue weighted by molar-refractivity contribution is 5.71. The Labute approximate surface area is 504 Å². The molecule has 472 valence electrons.